The van der Waals surface area contributed by atoms with Gasteiger partial charge in [0.05, 0.1) is 11.4 Å². The van der Waals surface area contributed by atoms with Gasteiger partial charge in [-0.15, -0.1) is 0 Å². The van der Waals surface area contributed by atoms with E-state index in [0.717, 1.165) is 54.0 Å². The molecular formula is C24H25N3. The standard InChI is InChI=1S/C24H25N3/c1-4-7-15-22-20(5-2)21(6-3)26-24(27-22)23-16-11-14-19(25-23)17-18-12-9-8-10-13-18/h5-6,8-14,16H,2-4,7,15,17H2,1H3. The van der Waals surface area contributed by atoms with E-state index < -0.39 is 0 Å². The quantitative estimate of drug-likeness (QED) is 0.516. The summed E-state index contributed by atoms with van der Waals surface area (Å²) in [6.45, 7) is 10.0. The largest absolute Gasteiger partial charge is 0.249 e. The Morgan fingerprint density at radius 2 is 1.70 bits per heavy atom. The minimum absolute atomic E-state index is 0.650. The first-order chi connectivity index (χ1) is 13.2. The van der Waals surface area contributed by atoms with Gasteiger partial charge in [0.2, 0.25) is 0 Å². The number of unbranched alkanes of at least 4 members (excludes halogenated alkanes) is 1. The fourth-order valence-electron chi connectivity index (χ4n) is 3.07. The summed E-state index contributed by atoms with van der Waals surface area (Å²) >= 11 is 0. The molecule has 3 aromatic rings. The van der Waals surface area contributed by atoms with Crippen molar-refractivity contribution in [3.05, 3.63) is 89.9 Å². The molecule has 0 amide bonds. The summed E-state index contributed by atoms with van der Waals surface area (Å²) in [6, 6.07) is 16.4. The van der Waals surface area contributed by atoms with E-state index in [9.17, 15) is 0 Å². The minimum atomic E-state index is 0.650. The molecule has 136 valence electrons. The molecule has 0 N–H and O–H groups in total. The molecule has 27 heavy (non-hydrogen) atoms. The lowest BCUT2D eigenvalue weighted by Crippen LogP contribution is -2.04. The molecular weight excluding hydrogens is 330 g/mol. The highest BCUT2D eigenvalue weighted by molar-refractivity contribution is 5.65. The number of rotatable bonds is 8. The normalized spacial score (nSPS) is 10.6. The summed E-state index contributed by atoms with van der Waals surface area (Å²) in [7, 11) is 0. The molecule has 0 fully saturated rings. The van der Waals surface area contributed by atoms with Crippen LogP contribution in [0.1, 0.15) is 48.0 Å². The predicted octanol–water partition coefficient (Wildman–Crippen LogP) is 5.76. The SMILES string of the molecule is C=Cc1nc(-c2cccc(Cc3ccccc3)n2)nc(CCCC)c1C=C. The van der Waals surface area contributed by atoms with Crippen LogP contribution in [0, 0.1) is 0 Å². The van der Waals surface area contributed by atoms with E-state index in [-0.39, 0.29) is 0 Å². The van der Waals surface area contributed by atoms with Gasteiger partial charge in [-0.2, -0.15) is 0 Å². The van der Waals surface area contributed by atoms with Gasteiger partial charge in [0.15, 0.2) is 5.82 Å². The summed E-state index contributed by atoms with van der Waals surface area (Å²) in [4.78, 5) is 14.3. The van der Waals surface area contributed by atoms with E-state index in [1.807, 2.05) is 42.5 Å². The van der Waals surface area contributed by atoms with E-state index in [1.54, 1.807) is 6.08 Å². The number of aryl methyl sites for hydroxylation is 1. The van der Waals surface area contributed by atoms with Gasteiger partial charge in [0, 0.05) is 17.7 Å². The maximum absolute atomic E-state index is 4.82. The Balaban J connectivity index is 1.99. The number of aromatic nitrogens is 3. The molecule has 0 atom stereocenters. The molecule has 3 heteroatoms. The van der Waals surface area contributed by atoms with Gasteiger partial charge in [0.25, 0.3) is 0 Å². The van der Waals surface area contributed by atoms with Crippen LogP contribution >= 0.6 is 0 Å². The van der Waals surface area contributed by atoms with Crippen molar-refractivity contribution in [2.24, 2.45) is 0 Å². The Morgan fingerprint density at radius 1 is 0.889 bits per heavy atom. The van der Waals surface area contributed by atoms with Crippen LogP contribution in [-0.4, -0.2) is 15.0 Å². The zero-order valence-electron chi connectivity index (χ0n) is 15.9. The van der Waals surface area contributed by atoms with Crippen molar-refractivity contribution in [2.75, 3.05) is 0 Å². The Kier molecular flexibility index (Phi) is 6.26. The number of hydrogen-bond acceptors (Lipinski definition) is 3. The summed E-state index contributed by atoms with van der Waals surface area (Å²) in [5.41, 5.74) is 5.84. The minimum Gasteiger partial charge on any atom is -0.249 e. The fraction of sp³-hybridized carbons (Fsp3) is 0.208. The molecule has 0 unspecified atom stereocenters. The topological polar surface area (TPSA) is 38.7 Å². The average molecular weight is 355 g/mol. The van der Waals surface area contributed by atoms with Crippen LogP contribution in [0.4, 0.5) is 0 Å². The Bertz CT molecular complexity index is 930. The third kappa shape index (κ3) is 4.56. The first kappa shape index (κ1) is 18.7. The van der Waals surface area contributed by atoms with E-state index in [2.05, 4.69) is 37.2 Å². The average Bonchev–Trinajstić information content (AvgIpc) is 2.72. The van der Waals surface area contributed by atoms with E-state index in [0.29, 0.717) is 5.82 Å². The van der Waals surface area contributed by atoms with Crippen molar-refractivity contribution in [2.45, 2.75) is 32.6 Å². The maximum Gasteiger partial charge on any atom is 0.178 e. The summed E-state index contributed by atoms with van der Waals surface area (Å²) < 4.78 is 0. The van der Waals surface area contributed by atoms with Gasteiger partial charge in [-0.3, -0.25) is 0 Å². The highest BCUT2D eigenvalue weighted by atomic mass is 14.9. The number of hydrogen-bond donors (Lipinski definition) is 0. The van der Waals surface area contributed by atoms with Crippen LogP contribution in [0.25, 0.3) is 23.7 Å². The molecule has 0 spiro atoms. The second kappa shape index (κ2) is 9.04. The van der Waals surface area contributed by atoms with Crippen molar-refractivity contribution in [3.8, 4) is 11.5 Å². The van der Waals surface area contributed by atoms with Gasteiger partial charge in [-0.25, -0.2) is 15.0 Å². The van der Waals surface area contributed by atoms with Gasteiger partial charge in [-0.1, -0.05) is 69.0 Å². The monoisotopic (exact) mass is 355 g/mol. The van der Waals surface area contributed by atoms with E-state index in [1.165, 1.54) is 5.56 Å². The van der Waals surface area contributed by atoms with Gasteiger partial charge < -0.3 is 0 Å². The van der Waals surface area contributed by atoms with Gasteiger partial charge >= 0.3 is 0 Å². The second-order valence-corrected chi connectivity index (χ2v) is 6.48. The molecule has 0 saturated carbocycles. The zero-order valence-corrected chi connectivity index (χ0v) is 15.9. The van der Waals surface area contributed by atoms with Crippen LogP contribution in [-0.2, 0) is 12.8 Å². The molecule has 2 aromatic heterocycles. The maximum atomic E-state index is 4.82. The Morgan fingerprint density at radius 3 is 2.41 bits per heavy atom. The van der Waals surface area contributed by atoms with Crippen molar-refractivity contribution in [1.82, 2.24) is 15.0 Å². The molecule has 0 aliphatic rings. The molecule has 3 rings (SSSR count). The molecule has 0 aliphatic carbocycles. The Labute approximate surface area is 161 Å². The third-order valence-electron chi connectivity index (χ3n) is 4.48. The second-order valence-electron chi connectivity index (χ2n) is 6.48. The van der Waals surface area contributed by atoms with Crippen LogP contribution in [0.3, 0.4) is 0 Å². The number of benzene rings is 1. The molecule has 0 aliphatic heterocycles. The van der Waals surface area contributed by atoms with Crippen LogP contribution in [0.2, 0.25) is 0 Å². The summed E-state index contributed by atoms with van der Waals surface area (Å²) in [6.07, 6.45) is 7.48. The van der Waals surface area contributed by atoms with Crippen molar-refractivity contribution in [1.29, 1.82) is 0 Å². The third-order valence-corrected chi connectivity index (χ3v) is 4.48. The lowest BCUT2D eigenvalue weighted by Gasteiger charge is -2.11. The highest BCUT2D eigenvalue weighted by Gasteiger charge is 2.13. The molecule has 0 bridgehead atoms. The molecule has 0 saturated heterocycles. The van der Waals surface area contributed by atoms with Crippen molar-refractivity contribution >= 4 is 12.2 Å². The lowest BCUT2D eigenvalue weighted by molar-refractivity contribution is 0.771. The first-order valence-electron chi connectivity index (χ1n) is 9.41. The molecule has 2 heterocycles. The predicted molar refractivity (Wildman–Crippen MR) is 113 cm³/mol. The van der Waals surface area contributed by atoms with Gasteiger partial charge in [0.1, 0.15) is 5.69 Å². The van der Waals surface area contributed by atoms with Crippen molar-refractivity contribution < 1.29 is 0 Å². The van der Waals surface area contributed by atoms with Crippen molar-refractivity contribution in [3.63, 3.8) is 0 Å². The van der Waals surface area contributed by atoms with Crippen LogP contribution in [0.5, 0.6) is 0 Å². The van der Waals surface area contributed by atoms with Gasteiger partial charge in [-0.05, 0) is 36.6 Å². The smallest absolute Gasteiger partial charge is 0.178 e. The fourth-order valence-corrected chi connectivity index (χ4v) is 3.07. The van der Waals surface area contributed by atoms with Crippen LogP contribution in [0.15, 0.2) is 61.7 Å². The lowest BCUT2D eigenvalue weighted by atomic mass is 10.1. The highest BCUT2D eigenvalue weighted by Crippen LogP contribution is 2.22. The molecule has 1 aromatic carbocycles. The number of nitrogens with zero attached hydrogens (tertiary/aromatic N) is 3. The van der Waals surface area contributed by atoms with E-state index >= 15 is 0 Å². The Hall–Kier alpha value is -3.07. The number of pyridine rings is 1. The zero-order chi connectivity index (χ0) is 19.1. The molecule has 0 radical (unpaired) electrons. The summed E-state index contributed by atoms with van der Waals surface area (Å²) in [5.74, 6) is 0.650. The molecule has 3 nitrogen and oxygen atoms in total. The first-order valence-corrected chi connectivity index (χ1v) is 9.41. The van der Waals surface area contributed by atoms with Crippen LogP contribution < -0.4 is 0 Å². The van der Waals surface area contributed by atoms with E-state index in [4.69, 9.17) is 9.97 Å². The summed E-state index contributed by atoms with van der Waals surface area (Å²) in [5, 5.41) is 0.